The lowest BCUT2D eigenvalue weighted by molar-refractivity contribution is 0.594. The molecular weight excluding hydrogens is 320 g/mol. The number of sulfone groups is 1. The van der Waals surface area contributed by atoms with E-state index in [4.69, 9.17) is 5.73 Å². The van der Waals surface area contributed by atoms with Crippen molar-refractivity contribution in [1.29, 1.82) is 0 Å². The van der Waals surface area contributed by atoms with Crippen LogP contribution in [0, 0.1) is 0 Å². The second kappa shape index (κ2) is 4.69. The van der Waals surface area contributed by atoms with Crippen LogP contribution in [-0.2, 0) is 22.6 Å². The molecular formula is C10H11BrN4O2S. The Labute approximate surface area is 113 Å². The van der Waals surface area contributed by atoms with Crippen LogP contribution in [0.2, 0.25) is 0 Å². The summed E-state index contributed by atoms with van der Waals surface area (Å²) in [6.07, 6.45) is 1.57. The summed E-state index contributed by atoms with van der Waals surface area (Å²) in [5.74, 6) is -0.191. The quantitative estimate of drug-likeness (QED) is 0.852. The van der Waals surface area contributed by atoms with Gasteiger partial charge in [0.2, 0.25) is 0 Å². The highest BCUT2D eigenvalue weighted by molar-refractivity contribution is 9.10. The molecule has 0 unspecified atom stereocenters. The van der Waals surface area contributed by atoms with E-state index in [2.05, 4.69) is 26.2 Å². The number of hydrogen-bond acceptors (Lipinski definition) is 5. The van der Waals surface area contributed by atoms with Crippen LogP contribution in [0.4, 0.5) is 5.69 Å². The summed E-state index contributed by atoms with van der Waals surface area (Å²) in [6, 6.07) is 4.59. The number of nitrogens with zero attached hydrogens (tertiary/aromatic N) is 3. The predicted molar refractivity (Wildman–Crippen MR) is 70.4 cm³/mol. The van der Waals surface area contributed by atoms with Crippen molar-refractivity contribution in [3.05, 3.63) is 34.6 Å². The molecule has 0 bridgehead atoms. The van der Waals surface area contributed by atoms with Gasteiger partial charge in [-0.25, -0.2) is 8.42 Å². The van der Waals surface area contributed by atoms with Gasteiger partial charge in [0.1, 0.15) is 5.75 Å². The van der Waals surface area contributed by atoms with Crippen LogP contribution in [0.25, 0.3) is 0 Å². The molecule has 0 aliphatic heterocycles. The van der Waals surface area contributed by atoms with Gasteiger partial charge in [0, 0.05) is 23.4 Å². The van der Waals surface area contributed by atoms with Gasteiger partial charge in [-0.1, -0.05) is 5.21 Å². The van der Waals surface area contributed by atoms with Crippen LogP contribution in [-0.4, -0.2) is 23.4 Å². The molecule has 0 saturated heterocycles. The number of halogens is 1. The summed E-state index contributed by atoms with van der Waals surface area (Å²) in [5, 5.41) is 7.47. The van der Waals surface area contributed by atoms with Crippen molar-refractivity contribution in [2.75, 3.05) is 5.73 Å². The summed E-state index contributed by atoms with van der Waals surface area (Å²) in [4.78, 5) is 0.197. The number of nitrogen functional groups attached to an aromatic ring is 1. The molecule has 18 heavy (non-hydrogen) atoms. The van der Waals surface area contributed by atoms with Crippen molar-refractivity contribution in [3.63, 3.8) is 0 Å². The highest BCUT2D eigenvalue weighted by Crippen LogP contribution is 2.26. The average Bonchev–Trinajstić information content (AvgIpc) is 2.62. The Morgan fingerprint density at radius 2 is 2.17 bits per heavy atom. The number of nitrogens with two attached hydrogens (primary N) is 1. The molecule has 0 amide bonds. The smallest absolute Gasteiger partial charge is 0.185 e. The third kappa shape index (κ3) is 2.70. The first-order chi connectivity index (χ1) is 8.38. The van der Waals surface area contributed by atoms with Gasteiger partial charge in [-0.3, -0.25) is 4.68 Å². The molecule has 0 atom stereocenters. The molecule has 2 rings (SSSR count). The minimum Gasteiger partial charge on any atom is -0.399 e. The van der Waals surface area contributed by atoms with Gasteiger partial charge in [0.25, 0.3) is 0 Å². The summed E-state index contributed by atoms with van der Waals surface area (Å²) in [7, 11) is -1.78. The number of aryl methyl sites for hydroxylation is 1. The second-order valence-electron chi connectivity index (χ2n) is 3.83. The fraction of sp³-hybridized carbons (Fsp3) is 0.200. The second-order valence-corrected chi connectivity index (χ2v) is 6.64. The van der Waals surface area contributed by atoms with Crippen LogP contribution < -0.4 is 5.73 Å². The Kier molecular flexibility index (Phi) is 3.40. The maximum atomic E-state index is 12.2. The van der Waals surface area contributed by atoms with E-state index in [1.54, 1.807) is 25.4 Å². The van der Waals surface area contributed by atoms with Crippen LogP contribution in [0.1, 0.15) is 5.69 Å². The molecule has 1 aromatic carbocycles. The maximum Gasteiger partial charge on any atom is 0.185 e. The summed E-state index contributed by atoms with van der Waals surface area (Å²) in [5.41, 5.74) is 6.48. The predicted octanol–water partition coefficient (Wildman–Crippen LogP) is 1.13. The molecule has 0 saturated carbocycles. The Bertz CT molecular complexity index is 681. The van der Waals surface area contributed by atoms with Crippen LogP contribution in [0.3, 0.4) is 0 Å². The third-order valence-electron chi connectivity index (χ3n) is 2.28. The monoisotopic (exact) mass is 330 g/mol. The lowest BCUT2D eigenvalue weighted by Crippen LogP contribution is -2.06. The van der Waals surface area contributed by atoms with Crippen molar-refractivity contribution in [3.8, 4) is 0 Å². The first kappa shape index (κ1) is 13.0. The van der Waals surface area contributed by atoms with Crippen molar-refractivity contribution in [1.82, 2.24) is 15.0 Å². The van der Waals surface area contributed by atoms with Gasteiger partial charge in [-0.2, -0.15) is 0 Å². The Morgan fingerprint density at radius 1 is 1.44 bits per heavy atom. The van der Waals surface area contributed by atoms with Crippen LogP contribution >= 0.6 is 15.9 Å². The van der Waals surface area contributed by atoms with E-state index < -0.39 is 9.84 Å². The van der Waals surface area contributed by atoms with E-state index in [0.717, 1.165) is 0 Å². The third-order valence-corrected chi connectivity index (χ3v) is 4.90. The largest absolute Gasteiger partial charge is 0.399 e. The Balaban J connectivity index is 2.36. The van der Waals surface area contributed by atoms with Crippen molar-refractivity contribution < 1.29 is 8.42 Å². The minimum atomic E-state index is -3.47. The zero-order chi connectivity index (χ0) is 13.3. The van der Waals surface area contributed by atoms with Gasteiger partial charge >= 0.3 is 0 Å². The SMILES string of the molecule is Cn1cc(CS(=O)(=O)c2ccc(N)cc2Br)nn1. The summed E-state index contributed by atoms with van der Waals surface area (Å²) >= 11 is 3.20. The molecule has 0 aliphatic rings. The number of rotatable bonds is 3. The fourth-order valence-electron chi connectivity index (χ4n) is 1.50. The average molecular weight is 331 g/mol. The molecule has 0 fully saturated rings. The molecule has 0 aliphatic carbocycles. The van der Waals surface area contributed by atoms with Gasteiger partial charge in [-0.15, -0.1) is 5.10 Å². The fourth-order valence-corrected chi connectivity index (χ4v) is 3.95. The topological polar surface area (TPSA) is 90.9 Å². The van der Waals surface area contributed by atoms with E-state index in [1.165, 1.54) is 10.7 Å². The van der Waals surface area contributed by atoms with E-state index in [-0.39, 0.29) is 10.6 Å². The molecule has 1 heterocycles. The number of aromatic nitrogens is 3. The zero-order valence-corrected chi connectivity index (χ0v) is 11.9. The Hall–Kier alpha value is -1.41. The van der Waals surface area contributed by atoms with Crippen LogP contribution in [0.15, 0.2) is 33.8 Å². The summed E-state index contributed by atoms with van der Waals surface area (Å²) < 4.78 is 26.3. The molecule has 96 valence electrons. The van der Waals surface area contributed by atoms with E-state index in [1.807, 2.05) is 0 Å². The first-order valence-corrected chi connectivity index (χ1v) is 7.46. The molecule has 0 radical (unpaired) electrons. The molecule has 0 spiro atoms. The lowest BCUT2D eigenvalue weighted by atomic mass is 10.3. The van der Waals surface area contributed by atoms with Gasteiger partial charge in [0.05, 0.1) is 10.6 Å². The minimum absolute atomic E-state index is 0.191. The van der Waals surface area contributed by atoms with Crippen molar-refractivity contribution in [2.24, 2.45) is 7.05 Å². The van der Waals surface area contributed by atoms with Gasteiger partial charge in [-0.05, 0) is 34.1 Å². The van der Waals surface area contributed by atoms with E-state index in [9.17, 15) is 8.42 Å². The highest BCUT2D eigenvalue weighted by atomic mass is 79.9. The molecule has 8 heteroatoms. The van der Waals surface area contributed by atoms with Crippen LogP contribution in [0.5, 0.6) is 0 Å². The molecule has 2 N–H and O–H groups in total. The number of anilines is 1. The lowest BCUT2D eigenvalue weighted by Gasteiger charge is -2.05. The number of hydrogen-bond donors (Lipinski definition) is 1. The zero-order valence-electron chi connectivity index (χ0n) is 9.54. The molecule has 6 nitrogen and oxygen atoms in total. The number of benzene rings is 1. The normalized spacial score (nSPS) is 11.7. The van der Waals surface area contributed by atoms with Gasteiger partial charge < -0.3 is 5.73 Å². The van der Waals surface area contributed by atoms with E-state index in [0.29, 0.717) is 15.9 Å². The maximum absolute atomic E-state index is 12.2. The highest BCUT2D eigenvalue weighted by Gasteiger charge is 2.20. The van der Waals surface area contributed by atoms with Crippen molar-refractivity contribution >= 4 is 31.5 Å². The summed E-state index contributed by atoms with van der Waals surface area (Å²) in [6.45, 7) is 0. The standard InChI is InChI=1S/C10H11BrN4O2S/c1-15-5-8(13-14-15)6-18(16,17)10-3-2-7(12)4-9(10)11/h2-5H,6,12H2,1H3. The first-order valence-electron chi connectivity index (χ1n) is 5.01. The van der Waals surface area contributed by atoms with Gasteiger partial charge in [0.15, 0.2) is 9.84 Å². The van der Waals surface area contributed by atoms with Crippen molar-refractivity contribution in [2.45, 2.75) is 10.6 Å². The van der Waals surface area contributed by atoms with E-state index >= 15 is 0 Å². The Morgan fingerprint density at radius 3 is 2.72 bits per heavy atom. The molecule has 2 aromatic rings. The molecule has 1 aromatic heterocycles.